The Balaban J connectivity index is 1.41. The molecule has 2 N–H and O–H groups in total. The molecule has 5 nitrogen and oxygen atoms in total. The predicted molar refractivity (Wildman–Crippen MR) is 104 cm³/mol. The molecule has 1 aliphatic rings. The van der Waals surface area contributed by atoms with E-state index in [-0.39, 0.29) is 5.91 Å². The zero-order chi connectivity index (χ0) is 17.5. The minimum absolute atomic E-state index is 0.0134. The Morgan fingerprint density at radius 3 is 2.84 bits per heavy atom. The average molecular weight is 377 g/mol. The lowest BCUT2D eigenvalue weighted by molar-refractivity contribution is -0.118. The van der Waals surface area contributed by atoms with E-state index in [1.54, 1.807) is 0 Å². The smallest absolute Gasteiger partial charge is 0.230 e. The van der Waals surface area contributed by atoms with Gasteiger partial charge in [-0.15, -0.1) is 10.2 Å². The quantitative estimate of drug-likeness (QED) is 0.717. The first-order valence-corrected chi connectivity index (χ1v) is 10.5. The Hall–Kier alpha value is -1.60. The molecule has 7 heteroatoms. The molecule has 1 heterocycles. The Kier molecular flexibility index (Phi) is 6.69. The van der Waals surface area contributed by atoms with Crippen LogP contribution in [0.5, 0.6) is 0 Å². The number of nitrogens with one attached hydrogen (secondary N) is 2. The molecule has 1 aromatic carbocycles. The molecular formula is C18H24N4OS2. The number of benzene rings is 1. The van der Waals surface area contributed by atoms with E-state index >= 15 is 0 Å². The standard InChI is InChI=1S/C18H24N4OS2/c1-13-7-5-6-10-15(13)20-17-21-22-18(25-17)24-12-16(23)19-11-14-8-3-2-4-9-14/h2-4,8-9,13,15H,5-7,10-12H2,1H3,(H,19,23)(H,20,21)/t13-,15+/m0/s1. The Morgan fingerprint density at radius 2 is 2.04 bits per heavy atom. The number of aromatic nitrogens is 2. The van der Waals surface area contributed by atoms with E-state index in [1.807, 2.05) is 30.3 Å². The van der Waals surface area contributed by atoms with E-state index in [1.165, 1.54) is 48.8 Å². The summed E-state index contributed by atoms with van der Waals surface area (Å²) in [5, 5.41) is 15.7. The molecule has 25 heavy (non-hydrogen) atoms. The molecule has 0 saturated heterocycles. The Bertz CT molecular complexity index is 677. The SMILES string of the molecule is C[C@H]1CCCC[C@H]1Nc1nnc(SCC(=O)NCc2ccccc2)s1. The number of carbonyl (C=O) groups excluding carboxylic acids is 1. The summed E-state index contributed by atoms with van der Waals surface area (Å²) < 4.78 is 0.834. The molecule has 0 spiro atoms. The van der Waals surface area contributed by atoms with E-state index in [0.29, 0.717) is 24.3 Å². The second kappa shape index (κ2) is 9.20. The molecule has 0 aliphatic heterocycles. The number of carbonyl (C=O) groups is 1. The fraction of sp³-hybridized carbons (Fsp3) is 0.500. The third-order valence-corrected chi connectivity index (χ3v) is 6.47. The van der Waals surface area contributed by atoms with Crippen molar-refractivity contribution in [2.75, 3.05) is 11.1 Å². The normalized spacial score (nSPS) is 20.2. The van der Waals surface area contributed by atoms with E-state index < -0.39 is 0 Å². The van der Waals surface area contributed by atoms with Crippen molar-refractivity contribution >= 4 is 34.1 Å². The van der Waals surface area contributed by atoms with E-state index in [4.69, 9.17) is 0 Å². The summed E-state index contributed by atoms with van der Waals surface area (Å²) in [7, 11) is 0. The number of anilines is 1. The van der Waals surface area contributed by atoms with E-state index in [9.17, 15) is 4.79 Å². The molecule has 1 saturated carbocycles. The maximum Gasteiger partial charge on any atom is 0.230 e. The summed E-state index contributed by atoms with van der Waals surface area (Å²) >= 11 is 2.97. The van der Waals surface area contributed by atoms with Gasteiger partial charge >= 0.3 is 0 Å². The molecule has 3 rings (SSSR count). The van der Waals surface area contributed by atoms with Crippen LogP contribution in [0.25, 0.3) is 0 Å². The van der Waals surface area contributed by atoms with Gasteiger partial charge in [-0.2, -0.15) is 0 Å². The largest absolute Gasteiger partial charge is 0.357 e. The first-order valence-electron chi connectivity index (χ1n) is 8.74. The van der Waals surface area contributed by atoms with Gasteiger partial charge in [0.2, 0.25) is 11.0 Å². The molecule has 2 atom stereocenters. The van der Waals surface area contributed by atoms with Crippen LogP contribution in [0, 0.1) is 5.92 Å². The minimum Gasteiger partial charge on any atom is -0.357 e. The second-order valence-corrected chi connectivity index (χ2v) is 8.64. The van der Waals surface area contributed by atoms with Gasteiger partial charge in [0, 0.05) is 12.6 Å². The third kappa shape index (κ3) is 5.71. The van der Waals surface area contributed by atoms with Gasteiger partial charge in [0.15, 0.2) is 4.34 Å². The third-order valence-electron chi connectivity index (χ3n) is 4.49. The molecular weight excluding hydrogens is 352 g/mol. The van der Waals surface area contributed by atoms with Crippen LogP contribution in [0.2, 0.25) is 0 Å². The van der Waals surface area contributed by atoms with Crippen molar-refractivity contribution in [2.24, 2.45) is 5.92 Å². The Labute approximate surface area is 157 Å². The van der Waals surface area contributed by atoms with Gasteiger partial charge in [-0.3, -0.25) is 4.79 Å². The van der Waals surface area contributed by atoms with Gasteiger partial charge in [0.25, 0.3) is 0 Å². The van der Waals surface area contributed by atoms with Crippen LogP contribution < -0.4 is 10.6 Å². The van der Waals surface area contributed by atoms with Crippen molar-refractivity contribution in [3.63, 3.8) is 0 Å². The van der Waals surface area contributed by atoms with Crippen molar-refractivity contribution in [3.05, 3.63) is 35.9 Å². The molecule has 0 bridgehead atoms. The number of hydrogen-bond acceptors (Lipinski definition) is 6. The lowest BCUT2D eigenvalue weighted by atomic mass is 9.86. The fourth-order valence-electron chi connectivity index (χ4n) is 2.99. The lowest BCUT2D eigenvalue weighted by Crippen LogP contribution is -2.30. The molecule has 2 aromatic rings. The van der Waals surface area contributed by atoms with Crippen molar-refractivity contribution in [1.29, 1.82) is 0 Å². The van der Waals surface area contributed by atoms with Gasteiger partial charge in [0.05, 0.1) is 5.75 Å². The van der Waals surface area contributed by atoms with Gasteiger partial charge in [0.1, 0.15) is 0 Å². The van der Waals surface area contributed by atoms with Crippen LogP contribution in [-0.2, 0) is 11.3 Å². The number of rotatable bonds is 7. The van der Waals surface area contributed by atoms with Crippen LogP contribution in [0.4, 0.5) is 5.13 Å². The highest BCUT2D eigenvalue weighted by molar-refractivity contribution is 8.01. The highest BCUT2D eigenvalue weighted by Crippen LogP contribution is 2.30. The van der Waals surface area contributed by atoms with Gasteiger partial charge in [-0.1, -0.05) is 73.2 Å². The maximum absolute atomic E-state index is 12.0. The van der Waals surface area contributed by atoms with Crippen molar-refractivity contribution in [1.82, 2.24) is 15.5 Å². The van der Waals surface area contributed by atoms with Gasteiger partial charge in [-0.05, 0) is 24.3 Å². The van der Waals surface area contributed by atoms with Crippen LogP contribution in [-0.4, -0.2) is 27.9 Å². The van der Waals surface area contributed by atoms with Crippen molar-refractivity contribution < 1.29 is 4.79 Å². The molecule has 0 unspecified atom stereocenters. The molecule has 1 fully saturated rings. The number of hydrogen-bond donors (Lipinski definition) is 2. The first kappa shape index (κ1) is 18.2. The summed E-state index contributed by atoms with van der Waals surface area (Å²) in [5.74, 6) is 1.05. The number of amides is 1. The zero-order valence-corrected chi connectivity index (χ0v) is 16.0. The number of nitrogens with zero attached hydrogens (tertiary/aromatic N) is 2. The summed E-state index contributed by atoms with van der Waals surface area (Å²) in [4.78, 5) is 12.0. The van der Waals surface area contributed by atoms with Crippen molar-refractivity contribution in [2.45, 2.75) is 49.5 Å². The van der Waals surface area contributed by atoms with Gasteiger partial charge in [-0.25, -0.2) is 0 Å². The summed E-state index contributed by atoms with van der Waals surface area (Å²) in [6.45, 7) is 2.85. The van der Waals surface area contributed by atoms with Crippen molar-refractivity contribution in [3.8, 4) is 0 Å². The molecule has 0 radical (unpaired) electrons. The molecule has 1 aromatic heterocycles. The van der Waals surface area contributed by atoms with Gasteiger partial charge < -0.3 is 10.6 Å². The van der Waals surface area contributed by atoms with E-state index in [2.05, 4.69) is 27.8 Å². The zero-order valence-electron chi connectivity index (χ0n) is 14.4. The predicted octanol–water partition coefficient (Wildman–Crippen LogP) is 3.94. The topological polar surface area (TPSA) is 66.9 Å². The Morgan fingerprint density at radius 1 is 1.24 bits per heavy atom. The molecule has 1 aliphatic carbocycles. The second-order valence-electron chi connectivity index (χ2n) is 6.44. The number of thioether (sulfide) groups is 1. The van der Waals surface area contributed by atoms with Crippen LogP contribution in [0.15, 0.2) is 34.7 Å². The maximum atomic E-state index is 12.0. The summed E-state index contributed by atoms with van der Waals surface area (Å²) in [5.41, 5.74) is 1.10. The van der Waals surface area contributed by atoms with Crippen LogP contribution in [0.1, 0.15) is 38.2 Å². The molecule has 134 valence electrons. The summed E-state index contributed by atoms with van der Waals surface area (Å²) in [6.07, 6.45) is 5.09. The highest BCUT2D eigenvalue weighted by Gasteiger charge is 2.22. The first-order chi connectivity index (χ1) is 12.2. The van der Waals surface area contributed by atoms with Crippen LogP contribution >= 0.6 is 23.1 Å². The summed E-state index contributed by atoms with van der Waals surface area (Å²) in [6, 6.07) is 10.4. The minimum atomic E-state index is 0.0134. The monoisotopic (exact) mass is 376 g/mol. The fourth-order valence-corrected chi connectivity index (χ4v) is 4.63. The van der Waals surface area contributed by atoms with E-state index in [0.717, 1.165) is 15.0 Å². The average Bonchev–Trinajstić information content (AvgIpc) is 3.08. The van der Waals surface area contributed by atoms with Crippen LogP contribution in [0.3, 0.4) is 0 Å². The molecule has 1 amide bonds. The highest BCUT2D eigenvalue weighted by atomic mass is 32.2. The lowest BCUT2D eigenvalue weighted by Gasteiger charge is -2.29.